The van der Waals surface area contributed by atoms with Gasteiger partial charge in [-0.3, -0.25) is 9.59 Å². The second-order valence-electron chi connectivity index (χ2n) is 7.45. The van der Waals surface area contributed by atoms with Crippen LogP contribution in [0, 0.1) is 19.8 Å². The van der Waals surface area contributed by atoms with Gasteiger partial charge in [-0.15, -0.1) is 11.3 Å². The number of piperidine rings is 1. The Morgan fingerprint density at radius 1 is 1.28 bits per heavy atom. The second kappa shape index (κ2) is 8.21. The third-order valence-corrected chi connectivity index (χ3v) is 6.01. The molecule has 1 N–H and O–H groups in total. The van der Waals surface area contributed by atoms with Crippen molar-refractivity contribution < 1.29 is 14.0 Å². The molecule has 150 valence electrons. The number of aryl methyl sites for hydroxylation is 2. The highest BCUT2D eigenvalue weighted by atomic mass is 32.1. The molecule has 0 bridgehead atoms. The van der Waals surface area contributed by atoms with Gasteiger partial charge >= 0.3 is 0 Å². The van der Waals surface area contributed by atoms with Crippen LogP contribution in [0.25, 0.3) is 11.3 Å². The fourth-order valence-corrected chi connectivity index (χ4v) is 4.33. The average molecular weight is 410 g/mol. The van der Waals surface area contributed by atoms with E-state index in [9.17, 15) is 9.59 Å². The lowest BCUT2D eigenvalue weighted by molar-refractivity contribution is -0.121. The van der Waals surface area contributed by atoms with Crippen molar-refractivity contribution in [2.75, 3.05) is 18.4 Å². The molecule has 2 aromatic heterocycles. The summed E-state index contributed by atoms with van der Waals surface area (Å²) in [6, 6.07) is 7.91. The van der Waals surface area contributed by atoms with Crippen LogP contribution in [-0.4, -0.2) is 34.8 Å². The molecule has 0 aliphatic carbocycles. The van der Waals surface area contributed by atoms with Gasteiger partial charge in [0.1, 0.15) is 6.26 Å². The summed E-state index contributed by atoms with van der Waals surface area (Å²) >= 11 is 1.42. The number of furan rings is 1. The molecule has 1 aromatic carbocycles. The van der Waals surface area contributed by atoms with E-state index in [1.165, 1.54) is 29.4 Å². The van der Waals surface area contributed by atoms with Crippen molar-refractivity contribution in [3.8, 4) is 11.3 Å². The number of hydrogen-bond acceptors (Lipinski definition) is 5. The molecule has 1 atom stereocenters. The summed E-state index contributed by atoms with van der Waals surface area (Å²) in [5.41, 5.74) is 4.79. The van der Waals surface area contributed by atoms with E-state index in [1.807, 2.05) is 5.38 Å². The molecule has 7 heteroatoms. The third-order valence-electron chi connectivity index (χ3n) is 5.25. The lowest BCUT2D eigenvalue weighted by Crippen LogP contribution is -2.43. The summed E-state index contributed by atoms with van der Waals surface area (Å²) in [6.07, 6.45) is 4.48. The molecular weight excluding hydrogens is 386 g/mol. The number of nitrogens with zero attached hydrogens (tertiary/aromatic N) is 2. The molecule has 3 aromatic rings. The van der Waals surface area contributed by atoms with Gasteiger partial charge in [-0.1, -0.05) is 17.7 Å². The fraction of sp³-hybridized carbons (Fsp3) is 0.318. The molecule has 1 aliphatic heterocycles. The quantitative estimate of drug-likeness (QED) is 0.688. The van der Waals surface area contributed by atoms with Gasteiger partial charge in [0.15, 0.2) is 5.13 Å². The molecular formula is C22H23N3O3S. The Kier molecular flexibility index (Phi) is 5.49. The summed E-state index contributed by atoms with van der Waals surface area (Å²) in [5.74, 6) is -0.424. The van der Waals surface area contributed by atoms with Gasteiger partial charge in [-0.05, 0) is 44.4 Å². The maximum atomic E-state index is 12.8. The molecule has 2 amide bonds. The smallest absolute Gasteiger partial charge is 0.257 e. The maximum absolute atomic E-state index is 12.8. The molecule has 0 saturated carbocycles. The number of benzene rings is 1. The van der Waals surface area contributed by atoms with Gasteiger partial charge < -0.3 is 14.6 Å². The lowest BCUT2D eigenvalue weighted by Gasteiger charge is -2.31. The van der Waals surface area contributed by atoms with Crippen molar-refractivity contribution in [2.45, 2.75) is 26.7 Å². The van der Waals surface area contributed by atoms with E-state index in [4.69, 9.17) is 4.42 Å². The van der Waals surface area contributed by atoms with Crippen LogP contribution >= 0.6 is 11.3 Å². The van der Waals surface area contributed by atoms with Crippen molar-refractivity contribution in [1.82, 2.24) is 9.88 Å². The van der Waals surface area contributed by atoms with Gasteiger partial charge in [0.05, 0.1) is 23.4 Å². The van der Waals surface area contributed by atoms with Crippen LogP contribution in [0.4, 0.5) is 5.13 Å². The summed E-state index contributed by atoms with van der Waals surface area (Å²) in [6.45, 7) is 5.17. The van der Waals surface area contributed by atoms with Gasteiger partial charge in [0, 0.05) is 24.0 Å². The predicted octanol–water partition coefficient (Wildman–Crippen LogP) is 4.51. The standard InChI is InChI=1S/C22H23N3O3S/c1-14-5-6-15(2)18(10-14)19-13-29-22(23-19)24-20(26)16-4-3-8-25(11-16)21(27)17-7-9-28-12-17/h5-7,9-10,12-13,16H,3-4,8,11H2,1-2H3,(H,23,24,26)/t16-/m0/s1. The van der Waals surface area contributed by atoms with E-state index in [1.54, 1.807) is 11.0 Å². The van der Waals surface area contributed by atoms with Crippen molar-refractivity contribution >= 4 is 28.3 Å². The number of nitrogens with one attached hydrogen (secondary N) is 1. The van der Waals surface area contributed by atoms with Crippen LogP contribution in [0.1, 0.15) is 34.3 Å². The van der Waals surface area contributed by atoms with E-state index in [0.29, 0.717) is 23.8 Å². The number of likely N-dealkylation sites (tertiary alicyclic amines) is 1. The first kappa shape index (κ1) is 19.4. The molecule has 0 radical (unpaired) electrons. The summed E-state index contributed by atoms with van der Waals surface area (Å²) in [4.78, 5) is 31.6. The number of rotatable bonds is 4. The van der Waals surface area contributed by atoms with Crippen LogP contribution in [-0.2, 0) is 4.79 Å². The number of aromatic nitrogens is 1. The van der Waals surface area contributed by atoms with Crippen LogP contribution in [0.2, 0.25) is 0 Å². The monoisotopic (exact) mass is 409 g/mol. The molecule has 4 rings (SSSR count). The average Bonchev–Trinajstić information content (AvgIpc) is 3.41. The zero-order chi connectivity index (χ0) is 20.4. The van der Waals surface area contributed by atoms with E-state index in [2.05, 4.69) is 42.3 Å². The maximum Gasteiger partial charge on any atom is 0.257 e. The van der Waals surface area contributed by atoms with Gasteiger partial charge in [-0.2, -0.15) is 0 Å². The summed E-state index contributed by atoms with van der Waals surface area (Å²) in [5, 5.41) is 5.49. The molecule has 1 aliphatic rings. The Morgan fingerprint density at radius 3 is 2.93 bits per heavy atom. The van der Waals surface area contributed by atoms with Gasteiger partial charge in [0.25, 0.3) is 5.91 Å². The molecule has 1 fully saturated rings. The highest BCUT2D eigenvalue weighted by Gasteiger charge is 2.29. The first-order valence-electron chi connectivity index (χ1n) is 9.67. The number of carbonyl (C=O) groups is 2. The minimum atomic E-state index is -0.243. The number of amides is 2. The third kappa shape index (κ3) is 4.24. The van der Waals surface area contributed by atoms with Crippen LogP contribution in [0.15, 0.2) is 46.6 Å². The van der Waals surface area contributed by atoms with Crippen LogP contribution in [0.3, 0.4) is 0 Å². The van der Waals surface area contributed by atoms with E-state index in [-0.39, 0.29) is 17.7 Å². The van der Waals surface area contributed by atoms with Crippen molar-refractivity contribution in [1.29, 1.82) is 0 Å². The topological polar surface area (TPSA) is 75.4 Å². The molecule has 1 saturated heterocycles. The van der Waals surface area contributed by atoms with Crippen LogP contribution in [0.5, 0.6) is 0 Å². The Labute approximate surface area is 173 Å². The van der Waals surface area contributed by atoms with Gasteiger partial charge in [0.2, 0.25) is 5.91 Å². The number of anilines is 1. The van der Waals surface area contributed by atoms with E-state index < -0.39 is 0 Å². The van der Waals surface area contributed by atoms with Crippen molar-refractivity contribution in [2.24, 2.45) is 5.92 Å². The second-order valence-corrected chi connectivity index (χ2v) is 8.31. The Morgan fingerprint density at radius 2 is 2.14 bits per heavy atom. The Hall–Kier alpha value is -2.93. The Bertz CT molecular complexity index is 1030. The first-order valence-corrected chi connectivity index (χ1v) is 10.5. The van der Waals surface area contributed by atoms with Crippen LogP contribution < -0.4 is 5.32 Å². The number of thiazole rings is 1. The molecule has 29 heavy (non-hydrogen) atoms. The van der Waals surface area contributed by atoms with E-state index in [0.717, 1.165) is 29.7 Å². The SMILES string of the molecule is Cc1ccc(C)c(-c2csc(NC(=O)[C@H]3CCCN(C(=O)c4ccoc4)C3)n2)c1. The zero-order valence-corrected chi connectivity index (χ0v) is 17.3. The highest BCUT2D eigenvalue weighted by molar-refractivity contribution is 7.14. The lowest BCUT2D eigenvalue weighted by atomic mass is 9.97. The highest BCUT2D eigenvalue weighted by Crippen LogP contribution is 2.29. The fourth-order valence-electron chi connectivity index (χ4n) is 3.62. The predicted molar refractivity (Wildman–Crippen MR) is 113 cm³/mol. The first-order chi connectivity index (χ1) is 14.0. The molecule has 3 heterocycles. The number of carbonyl (C=O) groups excluding carboxylic acids is 2. The van der Waals surface area contributed by atoms with Crippen molar-refractivity contribution in [3.63, 3.8) is 0 Å². The zero-order valence-electron chi connectivity index (χ0n) is 16.5. The minimum Gasteiger partial charge on any atom is -0.472 e. The summed E-state index contributed by atoms with van der Waals surface area (Å²) < 4.78 is 5.00. The Balaban J connectivity index is 1.42. The summed E-state index contributed by atoms with van der Waals surface area (Å²) in [7, 11) is 0. The molecule has 6 nitrogen and oxygen atoms in total. The number of hydrogen-bond donors (Lipinski definition) is 1. The van der Waals surface area contributed by atoms with E-state index >= 15 is 0 Å². The van der Waals surface area contributed by atoms with Crippen molar-refractivity contribution in [3.05, 3.63) is 58.9 Å². The molecule has 0 unspecified atom stereocenters. The molecule has 0 spiro atoms. The normalized spacial score (nSPS) is 16.6. The largest absolute Gasteiger partial charge is 0.472 e. The van der Waals surface area contributed by atoms with Gasteiger partial charge in [-0.25, -0.2) is 4.98 Å². The minimum absolute atomic E-state index is 0.0865.